The molecule has 0 saturated carbocycles. The molecule has 0 aliphatic rings. The fourth-order valence-electron chi connectivity index (χ4n) is 1.37. The maximum Gasteiger partial charge on any atom is 0.308 e. The van der Waals surface area contributed by atoms with E-state index in [1.807, 2.05) is 30.3 Å². The first-order chi connectivity index (χ1) is 7.93. The van der Waals surface area contributed by atoms with Gasteiger partial charge in [0.15, 0.2) is 0 Å². The predicted molar refractivity (Wildman–Crippen MR) is 65.5 cm³/mol. The molecule has 2 atom stereocenters. The fraction of sp³-hybridized carbons (Fsp3) is 0.462. The van der Waals surface area contributed by atoms with Crippen molar-refractivity contribution in [2.24, 2.45) is 11.7 Å². The zero-order valence-corrected chi connectivity index (χ0v) is 10.2. The van der Waals surface area contributed by atoms with Crippen LogP contribution in [0.2, 0.25) is 0 Å². The summed E-state index contributed by atoms with van der Waals surface area (Å²) < 4.78 is 5.47. The van der Waals surface area contributed by atoms with Gasteiger partial charge in [0.05, 0.1) is 19.1 Å². The van der Waals surface area contributed by atoms with Gasteiger partial charge in [-0.2, -0.15) is 0 Å². The Bertz CT molecular complexity index is 362. The van der Waals surface area contributed by atoms with Crippen molar-refractivity contribution in [2.75, 3.05) is 6.61 Å². The molecule has 17 heavy (non-hydrogen) atoms. The molecule has 0 saturated heterocycles. The molecular weight excluding hydrogens is 218 g/mol. The normalized spacial score (nSPS) is 16.2. The quantitative estimate of drug-likeness (QED) is 0.789. The number of carboxylic acid groups (broad SMARTS) is 1. The topological polar surface area (TPSA) is 72.5 Å². The summed E-state index contributed by atoms with van der Waals surface area (Å²) in [5.41, 5.74) is 6.11. The van der Waals surface area contributed by atoms with E-state index in [0.29, 0.717) is 6.61 Å². The molecule has 0 aliphatic heterocycles. The summed E-state index contributed by atoms with van der Waals surface area (Å²) >= 11 is 0. The Morgan fingerprint density at radius 3 is 2.59 bits per heavy atom. The van der Waals surface area contributed by atoms with E-state index in [1.165, 1.54) is 0 Å². The molecule has 3 N–H and O–H groups in total. The summed E-state index contributed by atoms with van der Waals surface area (Å²) in [5.74, 6) is -1.54. The van der Waals surface area contributed by atoms with Crippen LogP contribution < -0.4 is 5.73 Å². The maximum absolute atomic E-state index is 10.8. The number of aliphatic carboxylic acids is 1. The molecule has 0 radical (unpaired) electrons. The minimum absolute atomic E-state index is 0.218. The van der Waals surface area contributed by atoms with Gasteiger partial charge in [0.2, 0.25) is 0 Å². The van der Waals surface area contributed by atoms with E-state index < -0.39 is 17.4 Å². The van der Waals surface area contributed by atoms with Crippen LogP contribution in [0, 0.1) is 5.92 Å². The Labute approximate surface area is 101 Å². The Balaban J connectivity index is 2.43. The summed E-state index contributed by atoms with van der Waals surface area (Å²) in [6, 6.07) is 9.70. The Morgan fingerprint density at radius 1 is 1.47 bits per heavy atom. The number of nitrogens with two attached hydrogens (primary N) is 1. The molecule has 0 heterocycles. The first kappa shape index (κ1) is 13.7. The van der Waals surface area contributed by atoms with E-state index in [-0.39, 0.29) is 6.61 Å². The first-order valence-corrected chi connectivity index (χ1v) is 5.57. The standard InChI is InChI=1S/C13H19NO3/c1-10(12(15)16)13(2,14)9-17-8-11-6-4-3-5-7-11/h3-7,10H,8-9,14H2,1-2H3,(H,15,16). The number of hydrogen-bond donors (Lipinski definition) is 2. The van der Waals surface area contributed by atoms with E-state index >= 15 is 0 Å². The van der Waals surface area contributed by atoms with Gasteiger partial charge < -0.3 is 15.6 Å². The van der Waals surface area contributed by atoms with E-state index in [4.69, 9.17) is 15.6 Å². The largest absolute Gasteiger partial charge is 0.481 e. The zero-order valence-electron chi connectivity index (χ0n) is 10.2. The third-order valence-electron chi connectivity index (χ3n) is 2.88. The average molecular weight is 237 g/mol. The number of rotatable bonds is 6. The van der Waals surface area contributed by atoms with Gasteiger partial charge in [0.1, 0.15) is 0 Å². The summed E-state index contributed by atoms with van der Waals surface area (Å²) in [4.78, 5) is 10.8. The van der Waals surface area contributed by atoms with Gasteiger partial charge in [-0.1, -0.05) is 37.3 Å². The first-order valence-electron chi connectivity index (χ1n) is 5.57. The smallest absolute Gasteiger partial charge is 0.308 e. The second-order valence-corrected chi connectivity index (χ2v) is 4.54. The van der Waals surface area contributed by atoms with Gasteiger partial charge in [0.25, 0.3) is 0 Å². The van der Waals surface area contributed by atoms with Gasteiger partial charge in [-0.3, -0.25) is 4.79 Å². The van der Waals surface area contributed by atoms with E-state index in [0.717, 1.165) is 5.56 Å². The molecule has 0 bridgehead atoms. The van der Waals surface area contributed by atoms with Crippen LogP contribution in [0.1, 0.15) is 19.4 Å². The van der Waals surface area contributed by atoms with Gasteiger partial charge in [-0.25, -0.2) is 0 Å². The second kappa shape index (κ2) is 5.80. The van der Waals surface area contributed by atoms with E-state index in [9.17, 15) is 4.79 Å². The Morgan fingerprint density at radius 2 is 2.06 bits per heavy atom. The maximum atomic E-state index is 10.8. The highest BCUT2D eigenvalue weighted by atomic mass is 16.5. The van der Waals surface area contributed by atoms with Crippen LogP contribution in [0.25, 0.3) is 0 Å². The fourth-order valence-corrected chi connectivity index (χ4v) is 1.37. The highest BCUT2D eigenvalue weighted by molar-refractivity contribution is 5.71. The third kappa shape index (κ3) is 4.17. The lowest BCUT2D eigenvalue weighted by atomic mass is 9.89. The Hall–Kier alpha value is -1.39. The molecule has 0 aliphatic carbocycles. The monoisotopic (exact) mass is 237 g/mol. The molecule has 1 aromatic rings. The number of ether oxygens (including phenoxy) is 1. The van der Waals surface area contributed by atoms with Crippen molar-refractivity contribution in [1.29, 1.82) is 0 Å². The highest BCUT2D eigenvalue weighted by Gasteiger charge is 2.32. The molecule has 0 fully saturated rings. The van der Waals surface area contributed by atoms with Crippen molar-refractivity contribution in [3.8, 4) is 0 Å². The second-order valence-electron chi connectivity index (χ2n) is 4.54. The van der Waals surface area contributed by atoms with Crippen molar-refractivity contribution in [2.45, 2.75) is 26.0 Å². The van der Waals surface area contributed by atoms with Crippen LogP contribution in [-0.2, 0) is 16.1 Å². The minimum Gasteiger partial charge on any atom is -0.481 e. The third-order valence-corrected chi connectivity index (χ3v) is 2.88. The van der Waals surface area contributed by atoms with Gasteiger partial charge >= 0.3 is 5.97 Å². The van der Waals surface area contributed by atoms with Crippen molar-refractivity contribution in [3.05, 3.63) is 35.9 Å². The van der Waals surface area contributed by atoms with Crippen LogP contribution in [0.5, 0.6) is 0 Å². The van der Waals surface area contributed by atoms with Gasteiger partial charge in [0, 0.05) is 5.54 Å². The molecule has 1 rings (SSSR count). The summed E-state index contributed by atoms with van der Waals surface area (Å²) in [5, 5.41) is 8.90. The summed E-state index contributed by atoms with van der Waals surface area (Å²) in [7, 11) is 0. The Kier molecular flexibility index (Phi) is 4.66. The number of carboxylic acids is 1. The van der Waals surface area contributed by atoms with Gasteiger partial charge in [-0.15, -0.1) is 0 Å². The number of hydrogen-bond acceptors (Lipinski definition) is 3. The predicted octanol–water partition coefficient (Wildman–Crippen LogP) is 1.64. The van der Waals surface area contributed by atoms with Crippen LogP contribution in [-0.4, -0.2) is 23.2 Å². The summed E-state index contributed by atoms with van der Waals surface area (Å²) in [6.07, 6.45) is 0. The minimum atomic E-state index is -0.904. The zero-order chi connectivity index (χ0) is 12.9. The number of benzene rings is 1. The van der Waals surface area contributed by atoms with Crippen LogP contribution in [0.15, 0.2) is 30.3 Å². The van der Waals surface area contributed by atoms with Crippen LogP contribution in [0.4, 0.5) is 0 Å². The molecule has 0 aromatic heterocycles. The summed E-state index contributed by atoms with van der Waals surface area (Å²) in [6.45, 7) is 3.94. The molecule has 0 amide bonds. The lowest BCUT2D eigenvalue weighted by Crippen LogP contribution is -2.50. The van der Waals surface area contributed by atoms with Crippen LogP contribution >= 0.6 is 0 Å². The SMILES string of the molecule is CC(C(=O)O)C(C)(N)COCc1ccccc1. The molecule has 94 valence electrons. The lowest BCUT2D eigenvalue weighted by Gasteiger charge is -2.28. The molecule has 2 unspecified atom stereocenters. The highest BCUT2D eigenvalue weighted by Crippen LogP contribution is 2.15. The van der Waals surface area contributed by atoms with Crippen LogP contribution in [0.3, 0.4) is 0 Å². The van der Waals surface area contributed by atoms with Crippen molar-refractivity contribution in [3.63, 3.8) is 0 Å². The molecule has 1 aromatic carbocycles. The van der Waals surface area contributed by atoms with E-state index in [2.05, 4.69) is 0 Å². The number of carbonyl (C=O) groups is 1. The molecular formula is C13H19NO3. The van der Waals surface area contributed by atoms with Crippen molar-refractivity contribution < 1.29 is 14.6 Å². The molecule has 4 nitrogen and oxygen atoms in total. The molecule has 4 heteroatoms. The van der Waals surface area contributed by atoms with Gasteiger partial charge in [-0.05, 0) is 12.5 Å². The van der Waals surface area contributed by atoms with E-state index in [1.54, 1.807) is 13.8 Å². The van der Waals surface area contributed by atoms with Crippen molar-refractivity contribution >= 4 is 5.97 Å². The van der Waals surface area contributed by atoms with Crippen molar-refractivity contribution in [1.82, 2.24) is 0 Å². The lowest BCUT2D eigenvalue weighted by molar-refractivity contribution is -0.144. The molecule has 0 spiro atoms. The average Bonchev–Trinajstić information content (AvgIpc) is 2.29.